The molecular weight excluding hydrogens is 228 g/mol. The molecule has 0 aliphatic rings. The summed E-state index contributed by atoms with van der Waals surface area (Å²) >= 11 is 1.62. The van der Waals surface area contributed by atoms with Crippen molar-refractivity contribution in [3.8, 4) is 0 Å². The molecule has 17 heavy (non-hydrogen) atoms. The van der Waals surface area contributed by atoms with Crippen molar-refractivity contribution in [1.82, 2.24) is 0 Å². The Bertz CT molecular complexity index is 480. The first kappa shape index (κ1) is 12.3. The number of thiophene rings is 1. The maximum atomic E-state index is 10.4. The van der Waals surface area contributed by atoms with Crippen molar-refractivity contribution in [2.24, 2.45) is 0 Å². The van der Waals surface area contributed by atoms with Gasteiger partial charge < -0.3 is 5.11 Å². The normalized spacial score (nSPS) is 13.6. The van der Waals surface area contributed by atoms with Crippen molar-refractivity contribution in [1.29, 1.82) is 0 Å². The minimum absolute atomic E-state index is 0.0492. The van der Waals surface area contributed by atoms with Crippen molar-refractivity contribution in [3.63, 3.8) is 0 Å². The van der Waals surface area contributed by atoms with Gasteiger partial charge in [-0.2, -0.15) is 11.3 Å². The first-order valence-corrected chi connectivity index (χ1v) is 6.74. The molecule has 1 heterocycles. The molecule has 0 amide bonds. The summed E-state index contributed by atoms with van der Waals surface area (Å²) in [6.45, 7) is 6.52. The molecule has 0 bridgehead atoms. The van der Waals surface area contributed by atoms with Crippen LogP contribution in [0.15, 0.2) is 41.1 Å². The van der Waals surface area contributed by atoms with Crippen molar-refractivity contribution >= 4 is 11.3 Å². The highest BCUT2D eigenvalue weighted by Gasteiger charge is 2.22. The molecule has 0 saturated heterocycles. The van der Waals surface area contributed by atoms with Gasteiger partial charge in [0.15, 0.2) is 0 Å². The fraction of sp³-hybridized carbons (Fsp3) is 0.333. The van der Waals surface area contributed by atoms with E-state index in [1.807, 2.05) is 35.0 Å². The monoisotopic (exact) mass is 246 g/mol. The van der Waals surface area contributed by atoms with Crippen molar-refractivity contribution in [3.05, 3.63) is 57.8 Å². The minimum atomic E-state index is -0.517. The fourth-order valence-corrected chi connectivity index (χ4v) is 2.71. The Morgan fingerprint density at radius 1 is 1.12 bits per heavy atom. The molecule has 0 saturated carbocycles. The van der Waals surface area contributed by atoms with E-state index in [1.54, 1.807) is 11.3 Å². The van der Waals surface area contributed by atoms with Crippen LogP contribution in [0.1, 0.15) is 43.6 Å². The van der Waals surface area contributed by atoms with Crippen molar-refractivity contribution < 1.29 is 5.11 Å². The van der Waals surface area contributed by atoms with E-state index in [2.05, 4.69) is 26.8 Å². The zero-order valence-corrected chi connectivity index (χ0v) is 11.3. The summed E-state index contributed by atoms with van der Waals surface area (Å²) in [6.07, 6.45) is -0.517. The SMILES string of the molecule is CC(C)(C)c1ccccc1C(O)c1ccsc1. The Kier molecular flexibility index (Phi) is 3.36. The molecule has 2 aromatic rings. The van der Waals surface area contributed by atoms with Crippen molar-refractivity contribution in [2.75, 3.05) is 0 Å². The van der Waals surface area contributed by atoms with Crippen LogP contribution in [0.5, 0.6) is 0 Å². The van der Waals surface area contributed by atoms with Crippen LogP contribution in [-0.4, -0.2) is 5.11 Å². The Balaban J connectivity index is 2.46. The Hall–Kier alpha value is -1.12. The van der Waals surface area contributed by atoms with Gasteiger partial charge in [0.2, 0.25) is 0 Å². The van der Waals surface area contributed by atoms with Gasteiger partial charge in [-0.1, -0.05) is 45.0 Å². The van der Waals surface area contributed by atoms with E-state index in [0.717, 1.165) is 11.1 Å². The molecule has 0 fully saturated rings. The molecule has 1 aromatic heterocycles. The molecule has 2 rings (SSSR count). The average Bonchev–Trinajstić information content (AvgIpc) is 2.80. The molecule has 1 N–H and O–H groups in total. The molecule has 1 atom stereocenters. The predicted molar refractivity (Wildman–Crippen MR) is 73.5 cm³/mol. The maximum absolute atomic E-state index is 10.4. The maximum Gasteiger partial charge on any atom is 0.105 e. The lowest BCUT2D eigenvalue weighted by atomic mass is 9.81. The van der Waals surface area contributed by atoms with Gasteiger partial charge in [-0.3, -0.25) is 0 Å². The molecule has 0 aliphatic carbocycles. The van der Waals surface area contributed by atoms with Crippen LogP contribution >= 0.6 is 11.3 Å². The fourth-order valence-electron chi connectivity index (χ4n) is 2.03. The summed E-state index contributed by atoms with van der Waals surface area (Å²) in [6, 6.07) is 10.1. The number of rotatable bonds is 2. The second kappa shape index (κ2) is 4.63. The zero-order chi connectivity index (χ0) is 12.5. The quantitative estimate of drug-likeness (QED) is 0.845. The lowest BCUT2D eigenvalue weighted by molar-refractivity contribution is 0.218. The molecule has 1 nitrogen and oxygen atoms in total. The first-order valence-electron chi connectivity index (χ1n) is 5.79. The van der Waals surface area contributed by atoms with Crippen LogP contribution in [0, 0.1) is 0 Å². The summed E-state index contributed by atoms with van der Waals surface area (Å²) < 4.78 is 0. The third-order valence-electron chi connectivity index (χ3n) is 2.92. The lowest BCUT2D eigenvalue weighted by Crippen LogP contribution is -2.16. The van der Waals surface area contributed by atoms with E-state index < -0.39 is 6.10 Å². The smallest absolute Gasteiger partial charge is 0.105 e. The van der Waals surface area contributed by atoms with Crippen LogP contribution in [0.2, 0.25) is 0 Å². The van der Waals surface area contributed by atoms with Gasteiger partial charge in [-0.15, -0.1) is 0 Å². The van der Waals surface area contributed by atoms with Crippen LogP contribution in [0.25, 0.3) is 0 Å². The largest absolute Gasteiger partial charge is 0.384 e. The van der Waals surface area contributed by atoms with Gasteiger partial charge in [-0.05, 0) is 38.9 Å². The Morgan fingerprint density at radius 3 is 2.41 bits per heavy atom. The third kappa shape index (κ3) is 2.59. The lowest BCUT2D eigenvalue weighted by Gasteiger charge is -2.25. The van der Waals surface area contributed by atoms with E-state index in [0.29, 0.717) is 0 Å². The summed E-state index contributed by atoms with van der Waals surface area (Å²) in [7, 11) is 0. The highest BCUT2D eigenvalue weighted by Crippen LogP contribution is 2.33. The van der Waals surface area contributed by atoms with E-state index >= 15 is 0 Å². The number of aliphatic hydroxyl groups is 1. The van der Waals surface area contributed by atoms with E-state index in [-0.39, 0.29) is 5.41 Å². The van der Waals surface area contributed by atoms with Crippen molar-refractivity contribution in [2.45, 2.75) is 32.3 Å². The Morgan fingerprint density at radius 2 is 1.82 bits per heavy atom. The second-order valence-corrected chi connectivity index (χ2v) is 6.08. The summed E-state index contributed by atoms with van der Waals surface area (Å²) in [5, 5.41) is 14.4. The van der Waals surface area contributed by atoms with Gasteiger partial charge in [0.1, 0.15) is 6.10 Å². The van der Waals surface area contributed by atoms with Gasteiger partial charge in [0.05, 0.1) is 0 Å². The Labute approximate surface area is 107 Å². The predicted octanol–water partition coefficient (Wildman–Crippen LogP) is 4.13. The number of hydrogen-bond acceptors (Lipinski definition) is 2. The van der Waals surface area contributed by atoms with Crippen LogP contribution in [0.4, 0.5) is 0 Å². The molecule has 1 aromatic carbocycles. The topological polar surface area (TPSA) is 20.2 Å². The summed E-state index contributed by atoms with van der Waals surface area (Å²) in [5.41, 5.74) is 3.25. The molecule has 0 aliphatic heterocycles. The molecule has 1 unspecified atom stereocenters. The number of aliphatic hydroxyl groups excluding tert-OH is 1. The standard InChI is InChI=1S/C15H18OS/c1-15(2,3)13-7-5-4-6-12(13)14(16)11-8-9-17-10-11/h4-10,14,16H,1-3H3. The van der Waals surface area contributed by atoms with Crippen LogP contribution in [-0.2, 0) is 5.41 Å². The number of benzene rings is 1. The van der Waals surface area contributed by atoms with Gasteiger partial charge in [-0.25, -0.2) is 0 Å². The summed E-state index contributed by atoms with van der Waals surface area (Å²) in [4.78, 5) is 0. The van der Waals surface area contributed by atoms with Gasteiger partial charge >= 0.3 is 0 Å². The average molecular weight is 246 g/mol. The molecule has 2 heteroatoms. The minimum Gasteiger partial charge on any atom is -0.384 e. The van der Waals surface area contributed by atoms with Crippen LogP contribution in [0.3, 0.4) is 0 Å². The molecular formula is C15H18OS. The van der Waals surface area contributed by atoms with Gasteiger partial charge in [0.25, 0.3) is 0 Å². The van der Waals surface area contributed by atoms with E-state index in [1.165, 1.54) is 5.56 Å². The number of hydrogen-bond donors (Lipinski definition) is 1. The first-order chi connectivity index (χ1) is 8.00. The highest BCUT2D eigenvalue weighted by molar-refractivity contribution is 7.07. The molecule has 90 valence electrons. The second-order valence-electron chi connectivity index (χ2n) is 5.30. The molecule has 0 spiro atoms. The zero-order valence-electron chi connectivity index (χ0n) is 10.5. The van der Waals surface area contributed by atoms with E-state index in [9.17, 15) is 5.11 Å². The molecule has 0 radical (unpaired) electrons. The van der Waals surface area contributed by atoms with Crippen LogP contribution < -0.4 is 0 Å². The van der Waals surface area contributed by atoms with Gasteiger partial charge in [0, 0.05) is 0 Å². The summed E-state index contributed by atoms with van der Waals surface area (Å²) in [5.74, 6) is 0. The third-order valence-corrected chi connectivity index (χ3v) is 3.62. The highest BCUT2D eigenvalue weighted by atomic mass is 32.1. The van der Waals surface area contributed by atoms with E-state index in [4.69, 9.17) is 0 Å².